The highest BCUT2D eigenvalue weighted by molar-refractivity contribution is 5.46. The predicted octanol–water partition coefficient (Wildman–Crippen LogP) is 0.269. The molecule has 12 heavy (non-hydrogen) atoms. The van der Waals surface area contributed by atoms with Crippen molar-refractivity contribution in [3.05, 3.63) is 18.1 Å². The van der Waals surface area contributed by atoms with Crippen molar-refractivity contribution in [1.82, 2.24) is 19.8 Å². The molecule has 2 N–H and O–H groups in total. The van der Waals surface area contributed by atoms with Gasteiger partial charge in [-0.1, -0.05) is 12.1 Å². The third kappa shape index (κ3) is 0.903. The van der Waals surface area contributed by atoms with Crippen molar-refractivity contribution >= 4 is 11.3 Å². The largest absolute Gasteiger partial charge is 0.396 e. The van der Waals surface area contributed by atoms with Crippen LogP contribution in [-0.2, 0) is 6.42 Å². The summed E-state index contributed by atoms with van der Waals surface area (Å²) in [6.45, 7) is 2.02. The van der Waals surface area contributed by atoms with Crippen molar-refractivity contribution in [2.45, 2.75) is 13.3 Å². The molecule has 0 spiro atoms. The molecule has 5 nitrogen and oxygen atoms in total. The Kier molecular flexibility index (Phi) is 1.43. The third-order valence-corrected chi connectivity index (χ3v) is 1.68. The lowest BCUT2D eigenvalue weighted by Crippen LogP contribution is -1.94. The van der Waals surface area contributed by atoms with Gasteiger partial charge in [0.25, 0.3) is 0 Å². The van der Waals surface area contributed by atoms with Crippen LogP contribution in [0.2, 0.25) is 0 Å². The molecule has 2 aromatic rings. The third-order valence-electron chi connectivity index (χ3n) is 1.68. The monoisotopic (exact) mass is 163 g/mol. The van der Waals surface area contributed by atoms with Crippen molar-refractivity contribution in [3.8, 4) is 0 Å². The van der Waals surface area contributed by atoms with E-state index in [0.717, 1.165) is 17.8 Å². The Balaban J connectivity index is 2.73. The maximum atomic E-state index is 5.52. The zero-order valence-corrected chi connectivity index (χ0v) is 6.73. The first-order valence-electron chi connectivity index (χ1n) is 3.76. The summed E-state index contributed by atoms with van der Waals surface area (Å²) in [7, 11) is 0. The summed E-state index contributed by atoms with van der Waals surface area (Å²) in [6, 6.07) is 0. The molecule has 0 saturated heterocycles. The van der Waals surface area contributed by atoms with Crippen LogP contribution in [0.25, 0.3) is 5.65 Å². The SMILES string of the molecule is CCc1nnn2cc(N)cnc12. The molecular weight excluding hydrogens is 154 g/mol. The first kappa shape index (κ1) is 7.02. The number of aryl methyl sites for hydroxylation is 1. The van der Waals surface area contributed by atoms with Gasteiger partial charge in [-0.15, -0.1) is 5.10 Å². The first-order valence-corrected chi connectivity index (χ1v) is 3.76. The van der Waals surface area contributed by atoms with E-state index in [-0.39, 0.29) is 0 Å². The Bertz CT molecular complexity index is 405. The van der Waals surface area contributed by atoms with Crippen molar-refractivity contribution in [2.75, 3.05) is 5.73 Å². The molecule has 0 saturated carbocycles. The zero-order valence-electron chi connectivity index (χ0n) is 6.73. The number of hydrogen-bond donors (Lipinski definition) is 1. The molecule has 0 aliphatic heterocycles. The van der Waals surface area contributed by atoms with E-state index in [9.17, 15) is 0 Å². The van der Waals surface area contributed by atoms with Gasteiger partial charge in [0.05, 0.1) is 18.1 Å². The van der Waals surface area contributed by atoms with Gasteiger partial charge in [-0.25, -0.2) is 4.98 Å². The van der Waals surface area contributed by atoms with E-state index in [1.54, 1.807) is 16.9 Å². The van der Waals surface area contributed by atoms with Crippen LogP contribution in [0.1, 0.15) is 12.6 Å². The summed E-state index contributed by atoms with van der Waals surface area (Å²) in [5.41, 5.74) is 7.80. The summed E-state index contributed by atoms with van der Waals surface area (Å²) in [6.07, 6.45) is 4.15. The second kappa shape index (κ2) is 2.44. The fraction of sp³-hybridized carbons (Fsp3) is 0.286. The van der Waals surface area contributed by atoms with Crippen molar-refractivity contribution in [3.63, 3.8) is 0 Å². The second-order valence-electron chi connectivity index (χ2n) is 2.55. The molecule has 0 fully saturated rings. The van der Waals surface area contributed by atoms with Crippen LogP contribution in [0.4, 0.5) is 5.69 Å². The van der Waals surface area contributed by atoms with Crippen LogP contribution in [0.3, 0.4) is 0 Å². The summed E-state index contributed by atoms with van der Waals surface area (Å²) in [5, 5.41) is 7.82. The highest BCUT2D eigenvalue weighted by Crippen LogP contribution is 2.06. The van der Waals surface area contributed by atoms with Gasteiger partial charge >= 0.3 is 0 Å². The Hall–Kier alpha value is -1.65. The molecule has 2 heterocycles. The summed E-state index contributed by atoms with van der Waals surface area (Å²) in [4.78, 5) is 4.12. The molecule has 62 valence electrons. The lowest BCUT2D eigenvalue weighted by atomic mass is 10.3. The standard InChI is InChI=1S/C7H9N5/c1-2-6-7-9-3-5(8)4-12(7)11-10-6/h3-4H,2,8H2,1H3. The Morgan fingerprint density at radius 3 is 3.17 bits per heavy atom. The molecule has 2 aromatic heterocycles. The molecule has 2 rings (SSSR count). The van der Waals surface area contributed by atoms with Crippen LogP contribution in [0.15, 0.2) is 12.4 Å². The average Bonchev–Trinajstić information content (AvgIpc) is 2.46. The van der Waals surface area contributed by atoms with E-state index >= 15 is 0 Å². The minimum atomic E-state index is 0.593. The highest BCUT2D eigenvalue weighted by Gasteiger charge is 2.03. The number of anilines is 1. The van der Waals surface area contributed by atoms with E-state index < -0.39 is 0 Å². The average molecular weight is 163 g/mol. The topological polar surface area (TPSA) is 69.1 Å². The molecule has 0 unspecified atom stereocenters. The molecule has 0 bridgehead atoms. The van der Waals surface area contributed by atoms with Gasteiger partial charge < -0.3 is 5.73 Å². The van der Waals surface area contributed by atoms with Crippen LogP contribution < -0.4 is 5.73 Å². The fourth-order valence-corrected chi connectivity index (χ4v) is 1.08. The van der Waals surface area contributed by atoms with E-state index in [1.807, 2.05) is 6.92 Å². The van der Waals surface area contributed by atoms with E-state index in [1.165, 1.54) is 0 Å². The number of hydrogen-bond acceptors (Lipinski definition) is 4. The molecular formula is C7H9N5. The molecule has 0 aliphatic rings. The van der Waals surface area contributed by atoms with Crippen LogP contribution in [0.5, 0.6) is 0 Å². The number of aromatic nitrogens is 4. The van der Waals surface area contributed by atoms with Gasteiger partial charge in [0, 0.05) is 0 Å². The second-order valence-corrected chi connectivity index (χ2v) is 2.55. The fourth-order valence-electron chi connectivity index (χ4n) is 1.08. The van der Waals surface area contributed by atoms with Crippen LogP contribution in [0, 0.1) is 0 Å². The lowest BCUT2D eigenvalue weighted by Gasteiger charge is -1.93. The molecule has 5 heteroatoms. The smallest absolute Gasteiger partial charge is 0.178 e. The summed E-state index contributed by atoms with van der Waals surface area (Å²) >= 11 is 0. The van der Waals surface area contributed by atoms with Crippen LogP contribution >= 0.6 is 0 Å². The quantitative estimate of drug-likeness (QED) is 0.655. The highest BCUT2D eigenvalue weighted by atomic mass is 15.4. The Morgan fingerprint density at radius 1 is 1.58 bits per heavy atom. The Morgan fingerprint density at radius 2 is 2.42 bits per heavy atom. The van der Waals surface area contributed by atoms with Crippen molar-refractivity contribution < 1.29 is 0 Å². The predicted molar refractivity (Wildman–Crippen MR) is 44.6 cm³/mol. The van der Waals surface area contributed by atoms with Crippen molar-refractivity contribution in [1.29, 1.82) is 0 Å². The summed E-state index contributed by atoms with van der Waals surface area (Å²) < 4.78 is 1.59. The number of nitrogens with zero attached hydrogens (tertiary/aromatic N) is 4. The number of nitrogens with two attached hydrogens (primary N) is 1. The van der Waals surface area contributed by atoms with E-state index in [2.05, 4.69) is 15.3 Å². The van der Waals surface area contributed by atoms with Crippen molar-refractivity contribution in [2.24, 2.45) is 0 Å². The lowest BCUT2D eigenvalue weighted by molar-refractivity contribution is 0.837. The number of fused-ring (bicyclic) bond motifs is 1. The molecule has 0 aliphatic carbocycles. The number of rotatable bonds is 1. The van der Waals surface area contributed by atoms with Gasteiger partial charge in [-0.3, -0.25) is 0 Å². The van der Waals surface area contributed by atoms with Gasteiger partial charge in [0.15, 0.2) is 5.65 Å². The minimum absolute atomic E-state index is 0.593. The molecule has 0 radical (unpaired) electrons. The van der Waals surface area contributed by atoms with Gasteiger partial charge in [-0.2, -0.15) is 4.52 Å². The maximum absolute atomic E-state index is 5.52. The van der Waals surface area contributed by atoms with Gasteiger partial charge in [-0.05, 0) is 6.42 Å². The van der Waals surface area contributed by atoms with E-state index in [4.69, 9.17) is 5.73 Å². The Labute approximate surface area is 69.2 Å². The molecule has 0 amide bonds. The van der Waals surface area contributed by atoms with Gasteiger partial charge in [0.2, 0.25) is 0 Å². The minimum Gasteiger partial charge on any atom is -0.396 e. The summed E-state index contributed by atoms with van der Waals surface area (Å²) in [5.74, 6) is 0. The first-order chi connectivity index (χ1) is 5.81. The van der Waals surface area contributed by atoms with E-state index in [0.29, 0.717) is 5.69 Å². The molecule has 0 atom stereocenters. The van der Waals surface area contributed by atoms with Crippen LogP contribution in [-0.4, -0.2) is 19.8 Å². The normalized spacial score (nSPS) is 10.8. The van der Waals surface area contributed by atoms with Gasteiger partial charge in [0.1, 0.15) is 5.69 Å². The zero-order chi connectivity index (χ0) is 8.55. The number of nitrogen functional groups attached to an aromatic ring is 1. The molecule has 0 aromatic carbocycles. The maximum Gasteiger partial charge on any atom is 0.178 e.